The Kier molecular flexibility index (Phi) is 4.87. The maximum Gasteiger partial charge on any atom is 0.179 e. The number of nitrogens with one attached hydrogen (secondary N) is 1. The van der Waals surface area contributed by atoms with E-state index in [1.54, 1.807) is 20.4 Å². The van der Waals surface area contributed by atoms with Crippen LogP contribution in [-0.4, -0.2) is 23.8 Å². The molecule has 1 aromatic carbocycles. The average Bonchev–Trinajstić information content (AvgIpc) is 2.84. The van der Waals surface area contributed by atoms with Crippen LogP contribution in [-0.2, 0) is 20.1 Å². The summed E-state index contributed by atoms with van der Waals surface area (Å²) in [6.45, 7) is 1.36. The minimum atomic E-state index is 0.542. The zero-order chi connectivity index (χ0) is 14.5. The Balaban J connectivity index is 2.03. The second kappa shape index (κ2) is 6.63. The topological polar surface area (TPSA) is 48.3 Å². The van der Waals surface area contributed by atoms with Crippen LogP contribution in [0.15, 0.2) is 24.5 Å². The molecule has 0 amide bonds. The number of methoxy groups -OCH3 is 2. The number of nitrogens with zero attached hydrogens (tertiary/aromatic N) is 2. The van der Waals surface area contributed by atoms with Crippen LogP contribution in [0.25, 0.3) is 0 Å². The molecule has 2 aromatic rings. The van der Waals surface area contributed by atoms with E-state index in [0.717, 1.165) is 11.4 Å². The largest absolute Gasteiger partial charge is 0.493 e. The Bertz CT molecular complexity index is 584. The van der Waals surface area contributed by atoms with E-state index in [4.69, 9.17) is 21.1 Å². The number of halogens is 1. The van der Waals surface area contributed by atoms with Crippen LogP contribution < -0.4 is 14.8 Å². The van der Waals surface area contributed by atoms with Crippen LogP contribution in [0.4, 0.5) is 0 Å². The molecule has 0 radical (unpaired) electrons. The Labute approximate surface area is 123 Å². The highest BCUT2D eigenvalue weighted by atomic mass is 35.5. The van der Waals surface area contributed by atoms with E-state index in [0.29, 0.717) is 29.6 Å². The lowest BCUT2D eigenvalue weighted by Crippen LogP contribution is -2.15. The first-order chi connectivity index (χ1) is 9.65. The first-order valence-corrected chi connectivity index (χ1v) is 6.60. The Morgan fingerprint density at radius 1 is 1.25 bits per heavy atom. The summed E-state index contributed by atoms with van der Waals surface area (Å²) in [6.07, 6.45) is 3.70. The number of hydrogen-bond donors (Lipinski definition) is 1. The smallest absolute Gasteiger partial charge is 0.179 e. The lowest BCUT2D eigenvalue weighted by molar-refractivity contribution is 0.354. The highest BCUT2D eigenvalue weighted by molar-refractivity contribution is 6.32. The standard InChI is InChI=1S/C14H18ClN3O2/c1-18-5-4-17-13(18)9-16-8-10-6-11(15)14(20-3)12(7-10)19-2/h4-7,16H,8-9H2,1-3H3. The third-order valence-electron chi connectivity index (χ3n) is 3.03. The molecule has 1 N–H and O–H groups in total. The predicted octanol–water partition coefficient (Wildman–Crippen LogP) is 2.38. The van der Waals surface area contributed by atoms with Gasteiger partial charge in [0.2, 0.25) is 0 Å². The fourth-order valence-corrected chi connectivity index (χ4v) is 2.27. The summed E-state index contributed by atoms with van der Waals surface area (Å²) in [5, 5.41) is 3.86. The van der Waals surface area contributed by atoms with Crippen LogP contribution in [0, 0.1) is 0 Å². The SMILES string of the molecule is COc1cc(CNCc2nccn2C)cc(Cl)c1OC. The number of benzene rings is 1. The van der Waals surface area contributed by atoms with Crippen LogP contribution >= 0.6 is 11.6 Å². The normalized spacial score (nSPS) is 10.6. The average molecular weight is 296 g/mol. The molecule has 0 aliphatic carbocycles. The lowest BCUT2D eigenvalue weighted by Gasteiger charge is -2.12. The Hall–Kier alpha value is -1.72. The molecule has 108 valence electrons. The lowest BCUT2D eigenvalue weighted by atomic mass is 10.2. The summed E-state index contributed by atoms with van der Waals surface area (Å²) in [5.74, 6) is 2.17. The van der Waals surface area contributed by atoms with Crippen LogP contribution in [0.2, 0.25) is 5.02 Å². The number of rotatable bonds is 6. The highest BCUT2D eigenvalue weighted by Crippen LogP contribution is 2.35. The van der Waals surface area contributed by atoms with Gasteiger partial charge in [0.05, 0.1) is 25.8 Å². The molecule has 20 heavy (non-hydrogen) atoms. The van der Waals surface area contributed by atoms with E-state index in [9.17, 15) is 0 Å². The second-order valence-corrected chi connectivity index (χ2v) is 4.78. The van der Waals surface area contributed by atoms with Gasteiger partial charge in [-0.2, -0.15) is 0 Å². The van der Waals surface area contributed by atoms with Crippen molar-refractivity contribution >= 4 is 11.6 Å². The fourth-order valence-electron chi connectivity index (χ4n) is 1.96. The first kappa shape index (κ1) is 14.7. The van der Waals surface area contributed by atoms with E-state index < -0.39 is 0 Å². The van der Waals surface area contributed by atoms with Crippen molar-refractivity contribution in [2.45, 2.75) is 13.1 Å². The molecule has 0 fully saturated rings. The summed E-state index contributed by atoms with van der Waals surface area (Å²) in [5.41, 5.74) is 1.03. The molecule has 5 nitrogen and oxygen atoms in total. The monoisotopic (exact) mass is 295 g/mol. The van der Waals surface area contributed by atoms with Gasteiger partial charge in [-0.1, -0.05) is 11.6 Å². The van der Waals surface area contributed by atoms with Gasteiger partial charge in [0, 0.05) is 26.0 Å². The number of ether oxygens (including phenoxy) is 2. The fraction of sp³-hybridized carbons (Fsp3) is 0.357. The number of aromatic nitrogens is 2. The molecule has 0 saturated heterocycles. The molecular formula is C14H18ClN3O2. The molecule has 1 heterocycles. The Morgan fingerprint density at radius 2 is 2.05 bits per heavy atom. The van der Waals surface area contributed by atoms with Crippen molar-refractivity contribution in [2.75, 3.05) is 14.2 Å². The maximum atomic E-state index is 6.17. The Morgan fingerprint density at radius 3 is 2.65 bits per heavy atom. The van der Waals surface area contributed by atoms with Gasteiger partial charge in [-0.25, -0.2) is 4.98 Å². The van der Waals surface area contributed by atoms with Gasteiger partial charge < -0.3 is 19.4 Å². The van der Waals surface area contributed by atoms with Gasteiger partial charge in [0.25, 0.3) is 0 Å². The third kappa shape index (κ3) is 3.23. The zero-order valence-corrected chi connectivity index (χ0v) is 12.6. The van der Waals surface area contributed by atoms with Crippen LogP contribution in [0.3, 0.4) is 0 Å². The minimum Gasteiger partial charge on any atom is -0.493 e. The minimum absolute atomic E-state index is 0.542. The molecule has 0 aliphatic heterocycles. The molecule has 0 aliphatic rings. The van der Waals surface area contributed by atoms with Gasteiger partial charge in [-0.05, 0) is 17.7 Å². The van der Waals surface area contributed by atoms with Gasteiger partial charge in [-0.15, -0.1) is 0 Å². The van der Waals surface area contributed by atoms with Gasteiger partial charge in [0.15, 0.2) is 11.5 Å². The van der Waals surface area contributed by atoms with E-state index in [2.05, 4.69) is 10.3 Å². The summed E-state index contributed by atoms with van der Waals surface area (Å²) >= 11 is 6.17. The molecule has 6 heteroatoms. The molecule has 0 unspecified atom stereocenters. The van der Waals surface area contributed by atoms with Gasteiger partial charge >= 0.3 is 0 Å². The van der Waals surface area contributed by atoms with Crippen LogP contribution in [0.1, 0.15) is 11.4 Å². The van der Waals surface area contributed by atoms with E-state index >= 15 is 0 Å². The number of imidazole rings is 1. The second-order valence-electron chi connectivity index (χ2n) is 4.37. The van der Waals surface area contributed by atoms with Crippen molar-refractivity contribution in [2.24, 2.45) is 7.05 Å². The van der Waals surface area contributed by atoms with E-state index in [-0.39, 0.29) is 0 Å². The van der Waals surface area contributed by atoms with Gasteiger partial charge in [0.1, 0.15) is 5.82 Å². The number of hydrogen-bond acceptors (Lipinski definition) is 4. The van der Waals surface area contributed by atoms with Crippen molar-refractivity contribution in [3.63, 3.8) is 0 Å². The first-order valence-electron chi connectivity index (χ1n) is 6.23. The summed E-state index contributed by atoms with van der Waals surface area (Å²) < 4.78 is 12.5. The quantitative estimate of drug-likeness (QED) is 0.889. The van der Waals surface area contributed by atoms with Gasteiger partial charge in [-0.3, -0.25) is 0 Å². The molecule has 0 bridgehead atoms. The van der Waals surface area contributed by atoms with Crippen LogP contribution in [0.5, 0.6) is 11.5 Å². The summed E-state index contributed by atoms with van der Waals surface area (Å²) in [6, 6.07) is 3.78. The maximum absolute atomic E-state index is 6.17. The molecule has 1 aromatic heterocycles. The van der Waals surface area contributed by atoms with Crippen molar-refractivity contribution in [1.29, 1.82) is 0 Å². The molecule has 0 saturated carbocycles. The molecule has 0 spiro atoms. The van der Waals surface area contributed by atoms with E-state index in [1.807, 2.05) is 29.9 Å². The predicted molar refractivity (Wildman–Crippen MR) is 78.3 cm³/mol. The zero-order valence-electron chi connectivity index (χ0n) is 11.8. The highest BCUT2D eigenvalue weighted by Gasteiger charge is 2.10. The van der Waals surface area contributed by atoms with Crippen molar-refractivity contribution in [3.05, 3.63) is 40.9 Å². The summed E-state index contributed by atoms with van der Waals surface area (Å²) in [7, 11) is 5.14. The molecule has 0 atom stereocenters. The van der Waals surface area contributed by atoms with Crippen molar-refractivity contribution < 1.29 is 9.47 Å². The summed E-state index contributed by atoms with van der Waals surface area (Å²) in [4.78, 5) is 4.26. The van der Waals surface area contributed by atoms with E-state index in [1.165, 1.54) is 0 Å². The number of aryl methyl sites for hydroxylation is 1. The van der Waals surface area contributed by atoms with Crippen molar-refractivity contribution in [1.82, 2.24) is 14.9 Å². The molecular weight excluding hydrogens is 278 g/mol. The third-order valence-corrected chi connectivity index (χ3v) is 3.31. The van der Waals surface area contributed by atoms with Crippen molar-refractivity contribution in [3.8, 4) is 11.5 Å². The molecule has 2 rings (SSSR count).